The quantitative estimate of drug-likeness (QED) is 0.723. The van der Waals surface area contributed by atoms with Gasteiger partial charge in [-0.15, -0.1) is 0 Å². The van der Waals surface area contributed by atoms with Gasteiger partial charge in [0.2, 0.25) is 0 Å². The average molecular weight is 254 g/mol. The van der Waals surface area contributed by atoms with Crippen LogP contribution < -0.4 is 5.73 Å². The molecule has 0 bridgehead atoms. The summed E-state index contributed by atoms with van der Waals surface area (Å²) in [5.41, 5.74) is 4.77. The lowest BCUT2D eigenvalue weighted by Crippen LogP contribution is -2.41. The van der Waals surface area contributed by atoms with Crippen molar-refractivity contribution in [3.05, 3.63) is 12.2 Å². The van der Waals surface area contributed by atoms with E-state index in [9.17, 15) is 9.90 Å². The molecule has 1 unspecified atom stereocenters. The van der Waals surface area contributed by atoms with E-state index >= 15 is 0 Å². The second kappa shape index (κ2) is 6.49. The van der Waals surface area contributed by atoms with E-state index in [1.807, 2.05) is 13.8 Å². The SMILES string of the molecule is CCCn1ncnc1CC(CN)(CCC)C(=O)O. The van der Waals surface area contributed by atoms with Crippen LogP contribution in [0.4, 0.5) is 0 Å². The molecule has 3 N–H and O–H groups in total. The van der Waals surface area contributed by atoms with Crippen molar-refractivity contribution in [3.63, 3.8) is 0 Å². The third kappa shape index (κ3) is 3.07. The first-order chi connectivity index (χ1) is 8.59. The molecular weight excluding hydrogens is 232 g/mol. The molecule has 102 valence electrons. The van der Waals surface area contributed by atoms with Crippen molar-refractivity contribution < 1.29 is 9.90 Å². The van der Waals surface area contributed by atoms with Gasteiger partial charge < -0.3 is 10.8 Å². The highest BCUT2D eigenvalue weighted by atomic mass is 16.4. The van der Waals surface area contributed by atoms with Crippen molar-refractivity contribution in [1.29, 1.82) is 0 Å². The van der Waals surface area contributed by atoms with E-state index < -0.39 is 11.4 Å². The van der Waals surface area contributed by atoms with Crippen LogP contribution in [0, 0.1) is 5.41 Å². The van der Waals surface area contributed by atoms with Gasteiger partial charge in [-0.2, -0.15) is 5.10 Å². The molecule has 0 radical (unpaired) electrons. The van der Waals surface area contributed by atoms with E-state index in [0.29, 0.717) is 18.7 Å². The van der Waals surface area contributed by atoms with Crippen LogP contribution in [0.2, 0.25) is 0 Å². The van der Waals surface area contributed by atoms with Gasteiger partial charge in [0.25, 0.3) is 0 Å². The lowest BCUT2D eigenvalue weighted by Gasteiger charge is -2.27. The Balaban J connectivity index is 2.95. The van der Waals surface area contributed by atoms with Gasteiger partial charge in [-0.05, 0) is 12.8 Å². The molecule has 0 aliphatic rings. The first kappa shape index (κ1) is 14.6. The fourth-order valence-corrected chi connectivity index (χ4v) is 2.14. The van der Waals surface area contributed by atoms with Gasteiger partial charge in [-0.1, -0.05) is 20.3 Å². The normalized spacial score (nSPS) is 14.4. The average Bonchev–Trinajstić information content (AvgIpc) is 2.76. The molecule has 18 heavy (non-hydrogen) atoms. The fourth-order valence-electron chi connectivity index (χ4n) is 2.14. The summed E-state index contributed by atoms with van der Waals surface area (Å²) in [7, 11) is 0. The van der Waals surface area contributed by atoms with Crippen molar-refractivity contribution in [3.8, 4) is 0 Å². The third-order valence-electron chi connectivity index (χ3n) is 3.20. The Labute approximate surface area is 107 Å². The Kier molecular flexibility index (Phi) is 5.27. The number of nitrogens with two attached hydrogens (primary N) is 1. The van der Waals surface area contributed by atoms with Crippen molar-refractivity contribution in [2.75, 3.05) is 6.54 Å². The Bertz CT molecular complexity index is 391. The Morgan fingerprint density at radius 3 is 2.72 bits per heavy atom. The van der Waals surface area contributed by atoms with E-state index in [1.54, 1.807) is 4.68 Å². The number of nitrogens with zero attached hydrogens (tertiary/aromatic N) is 3. The molecule has 1 aromatic rings. The summed E-state index contributed by atoms with van der Waals surface area (Å²) >= 11 is 0. The monoisotopic (exact) mass is 254 g/mol. The summed E-state index contributed by atoms with van der Waals surface area (Å²) in [4.78, 5) is 15.7. The lowest BCUT2D eigenvalue weighted by atomic mass is 9.80. The van der Waals surface area contributed by atoms with Gasteiger partial charge >= 0.3 is 5.97 Å². The highest BCUT2D eigenvalue weighted by Gasteiger charge is 2.37. The first-order valence-electron chi connectivity index (χ1n) is 6.39. The number of carboxylic acids is 1. The zero-order valence-corrected chi connectivity index (χ0v) is 11.1. The van der Waals surface area contributed by atoms with Crippen LogP contribution in [0.25, 0.3) is 0 Å². The molecule has 1 rings (SSSR count). The topological polar surface area (TPSA) is 94.0 Å². The maximum Gasteiger partial charge on any atom is 0.311 e. The maximum absolute atomic E-state index is 11.5. The molecule has 1 heterocycles. The predicted octanol–water partition coefficient (Wildman–Crippen LogP) is 1.06. The molecule has 1 atom stereocenters. The second-order valence-electron chi connectivity index (χ2n) is 4.62. The molecule has 0 spiro atoms. The number of carbonyl (C=O) groups is 1. The van der Waals surface area contributed by atoms with E-state index in [1.165, 1.54) is 6.33 Å². The number of rotatable bonds is 8. The molecule has 0 saturated carbocycles. The third-order valence-corrected chi connectivity index (χ3v) is 3.20. The molecule has 6 heteroatoms. The van der Waals surface area contributed by atoms with Crippen LogP contribution in [0.15, 0.2) is 6.33 Å². The molecule has 0 aliphatic carbocycles. The molecular formula is C12H22N4O2. The van der Waals surface area contributed by atoms with Gasteiger partial charge in [-0.25, -0.2) is 4.98 Å². The van der Waals surface area contributed by atoms with Gasteiger partial charge in [0, 0.05) is 19.5 Å². The number of hydrogen-bond acceptors (Lipinski definition) is 4. The molecule has 0 saturated heterocycles. The van der Waals surface area contributed by atoms with Gasteiger partial charge in [-0.3, -0.25) is 9.48 Å². The van der Waals surface area contributed by atoms with Gasteiger partial charge in [0.05, 0.1) is 5.41 Å². The van der Waals surface area contributed by atoms with Crippen molar-refractivity contribution in [2.24, 2.45) is 11.1 Å². The number of aliphatic carboxylic acids is 1. The first-order valence-corrected chi connectivity index (χ1v) is 6.39. The van der Waals surface area contributed by atoms with Crippen molar-refractivity contribution in [2.45, 2.75) is 46.1 Å². The largest absolute Gasteiger partial charge is 0.481 e. The predicted molar refractivity (Wildman–Crippen MR) is 68.0 cm³/mol. The fraction of sp³-hybridized carbons (Fsp3) is 0.750. The molecule has 0 fully saturated rings. The smallest absolute Gasteiger partial charge is 0.311 e. The summed E-state index contributed by atoms with van der Waals surface area (Å²) in [6, 6.07) is 0. The van der Waals surface area contributed by atoms with Crippen LogP contribution in [-0.4, -0.2) is 32.4 Å². The Morgan fingerprint density at radius 1 is 1.50 bits per heavy atom. The highest BCUT2D eigenvalue weighted by molar-refractivity contribution is 5.75. The minimum atomic E-state index is -0.923. The molecule has 6 nitrogen and oxygen atoms in total. The van der Waals surface area contributed by atoms with Crippen LogP contribution in [0.5, 0.6) is 0 Å². The number of aryl methyl sites for hydroxylation is 1. The van der Waals surface area contributed by atoms with E-state index in [0.717, 1.165) is 19.4 Å². The molecule has 0 aromatic carbocycles. The minimum Gasteiger partial charge on any atom is -0.481 e. The summed E-state index contributed by atoms with van der Waals surface area (Å²) in [6.07, 6.45) is 4.09. The van der Waals surface area contributed by atoms with E-state index in [4.69, 9.17) is 5.73 Å². The standard InChI is InChI=1S/C12H22N4O2/c1-3-5-12(8-13,11(17)18)7-10-14-9-15-16(10)6-4-2/h9H,3-8,13H2,1-2H3,(H,17,18). The van der Waals surface area contributed by atoms with Gasteiger partial charge in [0.1, 0.15) is 12.2 Å². The second-order valence-corrected chi connectivity index (χ2v) is 4.62. The summed E-state index contributed by atoms with van der Waals surface area (Å²) in [5, 5.41) is 13.6. The van der Waals surface area contributed by atoms with Gasteiger partial charge in [0.15, 0.2) is 0 Å². The molecule has 0 aliphatic heterocycles. The zero-order chi connectivity index (χ0) is 13.6. The van der Waals surface area contributed by atoms with E-state index in [2.05, 4.69) is 10.1 Å². The van der Waals surface area contributed by atoms with Crippen LogP contribution in [0.1, 0.15) is 38.9 Å². The maximum atomic E-state index is 11.5. The van der Waals surface area contributed by atoms with Crippen molar-refractivity contribution >= 4 is 5.97 Å². The summed E-state index contributed by atoms with van der Waals surface area (Å²) < 4.78 is 1.77. The summed E-state index contributed by atoms with van der Waals surface area (Å²) in [6.45, 7) is 4.88. The van der Waals surface area contributed by atoms with Crippen molar-refractivity contribution in [1.82, 2.24) is 14.8 Å². The zero-order valence-electron chi connectivity index (χ0n) is 11.1. The van der Waals surface area contributed by atoms with Crippen LogP contribution in [-0.2, 0) is 17.8 Å². The van der Waals surface area contributed by atoms with Crippen LogP contribution in [0.3, 0.4) is 0 Å². The summed E-state index contributed by atoms with van der Waals surface area (Å²) in [5.74, 6) is -0.143. The Hall–Kier alpha value is -1.43. The number of hydrogen-bond donors (Lipinski definition) is 2. The lowest BCUT2D eigenvalue weighted by molar-refractivity contribution is -0.149. The van der Waals surface area contributed by atoms with E-state index in [-0.39, 0.29) is 6.54 Å². The number of carboxylic acid groups (broad SMARTS) is 1. The highest BCUT2D eigenvalue weighted by Crippen LogP contribution is 2.27. The van der Waals surface area contributed by atoms with Crippen LogP contribution >= 0.6 is 0 Å². The molecule has 0 amide bonds. The Morgan fingerprint density at radius 2 is 2.22 bits per heavy atom. The minimum absolute atomic E-state index is 0.120. The molecule has 1 aromatic heterocycles. The number of aromatic nitrogens is 3.